The molecule has 0 saturated heterocycles. The number of halogens is 2. The van der Waals surface area contributed by atoms with Crippen LogP contribution in [0, 0.1) is 3.57 Å². The van der Waals surface area contributed by atoms with Crippen LogP contribution in [0.3, 0.4) is 0 Å². The van der Waals surface area contributed by atoms with Gasteiger partial charge in [-0.3, -0.25) is 0 Å². The van der Waals surface area contributed by atoms with Crippen LogP contribution in [0.2, 0.25) is 0 Å². The first-order chi connectivity index (χ1) is 6.79. The first kappa shape index (κ1) is 11.7. The summed E-state index contributed by atoms with van der Waals surface area (Å²) in [4.78, 5) is 0. The van der Waals surface area contributed by atoms with Crippen LogP contribution < -0.4 is 0 Å². The molecule has 2 aromatic carbocycles. The molecule has 0 unspecified atom stereocenters. The van der Waals surface area contributed by atoms with Crippen LogP contribution in [0.25, 0.3) is 0 Å². The maximum atomic E-state index is 3.36. The van der Waals surface area contributed by atoms with Crippen LogP contribution in [0.4, 0.5) is 0 Å². The van der Waals surface area contributed by atoms with E-state index in [9.17, 15) is 0 Å². The van der Waals surface area contributed by atoms with Crippen molar-refractivity contribution in [2.24, 2.45) is 0 Å². The van der Waals surface area contributed by atoms with Gasteiger partial charge in [0.15, 0.2) is 0 Å². The summed E-state index contributed by atoms with van der Waals surface area (Å²) in [5.74, 6) is 0. The molecule has 2 rings (SSSR count). The molecule has 0 amide bonds. The normalized spacial score (nSPS) is 8.71. The first-order valence-corrected chi connectivity index (χ1v) is 6.07. The monoisotopic (exact) mass is 360 g/mol. The van der Waals surface area contributed by atoms with E-state index in [0.29, 0.717) is 0 Å². The van der Waals surface area contributed by atoms with Crippen molar-refractivity contribution in [1.29, 1.82) is 0 Å². The zero-order chi connectivity index (χ0) is 10.2. The summed E-state index contributed by atoms with van der Waals surface area (Å²) in [6.07, 6.45) is 0. The van der Waals surface area contributed by atoms with E-state index in [0.717, 1.165) is 4.47 Å². The Bertz CT molecular complexity index is 316. The number of rotatable bonds is 0. The molecule has 0 bridgehead atoms. The van der Waals surface area contributed by atoms with Gasteiger partial charge in [-0.2, -0.15) is 0 Å². The van der Waals surface area contributed by atoms with Gasteiger partial charge in [-0.1, -0.05) is 58.4 Å². The quantitative estimate of drug-likeness (QED) is 0.595. The maximum absolute atomic E-state index is 3.36. The molecule has 0 nitrogen and oxygen atoms in total. The lowest BCUT2D eigenvalue weighted by atomic mass is 10.4. The highest BCUT2D eigenvalue weighted by atomic mass is 127. The lowest BCUT2D eigenvalue weighted by Gasteiger charge is -1.87. The molecule has 0 radical (unpaired) electrons. The molecule has 0 aliphatic rings. The van der Waals surface area contributed by atoms with Gasteiger partial charge in [0.2, 0.25) is 0 Å². The summed E-state index contributed by atoms with van der Waals surface area (Å²) in [6, 6.07) is 20.2. The van der Waals surface area contributed by atoms with Crippen LogP contribution in [-0.4, -0.2) is 0 Å². The summed E-state index contributed by atoms with van der Waals surface area (Å²) in [5, 5.41) is 0. The smallest absolute Gasteiger partial charge is 0.0185 e. The first-order valence-electron chi connectivity index (χ1n) is 4.20. The molecule has 72 valence electrons. The van der Waals surface area contributed by atoms with Crippen molar-refractivity contribution >= 4 is 38.5 Å². The van der Waals surface area contributed by atoms with E-state index < -0.39 is 0 Å². The fourth-order valence-electron chi connectivity index (χ4n) is 0.845. The van der Waals surface area contributed by atoms with Crippen LogP contribution >= 0.6 is 38.5 Å². The van der Waals surface area contributed by atoms with E-state index in [2.05, 4.69) is 50.7 Å². The number of hydrogen-bond acceptors (Lipinski definition) is 0. The molecule has 0 atom stereocenters. The van der Waals surface area contributed by atoms with E-state index in [4.69, 9.17) is 0 Å². The Labute approximate surface area is 107 Å². The van der Waals surface area contributed by atoms with E-state index in [1.54, 1.807) is 0 Å². The number of hydrogen-bond donors (Lipinski definition) is 0. The second-order valence-corrected chi connectivity index (χ2v) is 4.76. The minimum absolute atomic E-state index is 1.14. The summed E-state index contributed by atoms with van der Waals surface area (Å²) in [6.45, 7) is 0. The van der Waals surface area contributed by atoms with Gasteiger partial charge in [0.1, 0.15) is 0 Å². The van der Waals surface area contributed by atoms with E-state index in [-0.39, 0.29) is 0 Å². The number of benzene rings is 2. The van der Waals surface area contributed by atoms with Crippen LogP contribution in [0.5, 0.6) is 0 Å². The molecular formula is C12H10BrI. The Balaban J connectivity index is 0.000000146. The zero-order valence-corrected chi connectivity index (χ0v) is 11.3. The third kappa shape index (κ3) is 5.40. The van der Waals surface area contributed by atoms with E-state index in [1.165, 1.54) is 3.57 Å². The Morgan fingerprint density at radius 2 is 1.29 bits per heavy atom. The molecule has 14 heavy (non-hydrogen) atoms. The minimum Gasteiger partial charge on any atom is -0.0623 e. The SMILES string of the molecule is Brc1cccc(I)c1.c1ccccc1. The highest BCUT2D eigenvalue weighted by Gasteiger charge is 1.84. The van der Waals surface area contributed by atoms with Gasteiger partial charge in [0.05, 0.1) is 0 Å². The van der Waals surface area contributed by atoms with Crippen LogP contribution in [-0.2, 0) is 0 Å². The Hall–Kier alpha value is -0.350. The third-order valence-electron chi connectivity index (χ3n) is 1.45. The second-order valence-electron chi connectivity index (χ2n) is 2.59. The van der Waals surface area contributed by atoms with Gasteiger partial charge in [0, 0.05) is 8.04 Å². The zero-order valence-electron chi connectivity index (χ0n) is 7.53. The Morgan fingerprint density at radius 3 is 1.57 bits per heavy atom. The van der Waals surface area contributed by atoms with Crippen LogP contribution in [0.1, 0.15) is 0 Å². The molecule has 0 heterocycles. The molecule has 0 fully saturated rings. The minimum atomic E-state index is 1.14. The van der Waals surface area contributed by atoms with Gasteiger partial charge in [0.25, 0.3) is 0 Å². The van der Waals surface area contributed by atoms with Gasteiger partial charge >= 0.3 is 0 Å². The average molecular weight is 361 g/mol. The largest absolute Gasteiger partial charge is 0.0623 e. The van der Waals surface area contributed by atoms with Crippen molar-refractivity contribution in [3.63, 3.8) is 0 Å². The molecular weight excluding hydrogens is 351 g/mol. The van der Waals surface area contributed by atoms with Crippen molar-refractivity contribution in [3.8, 4) is 0 Å². The molecule has 2 heteroatoms. The van der Waals surface area contributed by atoms with Crippen molar-refractivity contribution < 1.29 is 0 Å². The topological polar surface area (TPSA) is 0 Å². The lowest BCUT2D eigenvalue weighted by Crippen LogP contribution is -1.66. The van der Waals surface area contributed by atoms with Crippen molar-refractivity contribution in [3.05, 3.63) is 68.7 Å². The van der Waals surface area contributed by atoms with Gasteiger partial charge in [-0.25, -0.2) is 0 Å². The molecule has 0 spiro atoms. The highest BCUT2D eigenvalue weighted by molar-refractivity contribution is 14.1. The highest BCUT2D eigenvalue weighted by Crippen LogP contribution is 2.12. The summed E-state index contributed by atoms with van der Waals surface area (Å²) >= 11 is 5.63. The maximum Gasteiger partial charge on any atom is 0.0185 e. The van der Waals surface area contributed by atoms with Gasteiger partial charge < -0.3 is 0 Å². The van der Waals surface area contributed by atoms with Gasteiger partial charge in [-0.15, -0.1) is 0 Å². The molecule has 0 aliphatic heterocycles. The fourth-order valence-corrected chi connectivity index (χ4v) is 2.22. The molecule has 0 aliphatic carbocycles. The van der Waals surface area contributed by atoms with Crippen LogP contribution in [0.15, 0.2) is 65.1 Å². The summed E-state index contributed by atoms with van der Waals surface area (Å²) < 4.78 is 2.40. The van der Waals surface area contributed by atoms with Crippen molar-refractivity contribution in [1.82, 2.24) is 0 Å². The second kappa shape index (κ2) is 7.01. The Morgan fingerprint density at radius 1 is 0.786 bits per heavy atom. The van der Waals surface area contributed by atoms with Gasteiger partial charge in [-0.05, 0) is 40.8 Å². The van der Waals surface area contributed by atoms with E-state index in [1.807, 2.05) is 48.5 Å². The van der Waals surface area contributed by atoms with Crippen molar-refractivity contribution in [2.75, 3.05) is 0 Å². The third-order valence-corrected chi connectivity index (χ3v) is 2.62. The summed E-state index contributed by atoms with van der Waals surface area (Å²) in [7, 11) is 0. The Kier molecular flexibility index (Phi) is 5.87. The predicted octanol–water partition coefficient (Wildman–Crippen LogP) is 4.74. The van der Waals surface area contributed by atoms with Crippen molar-refractivity contribution in [2.45, 2.75) is 0 Å². The fraction of sp³-hybridized carbons (Fsp3) is 0. The standard InChI is InChI=1S/C6H4BrI.C6H6/c7-5-2-1-3-6(8)4-5;1-2-4-6-5-3-1/h1-4H;1-6H. The molecule has 2 aromatic rings. The summed E-state index contributed by atoms with van der Waals surface area (Å²) in [5.41, 5.74) is 0. The lowest BCUT2D eigenvalue weighted by molar-refractivity contribution is 1.60. The molecule has 0 aromatic heterocycles. The van der Waals surface area contributed by atoms with E-state index >= 15 is 0 Å². The molecule has 0 saturated carbocycles. The predicted molar refractivity (Wildman–Crippen MR) is 73.3 cm³/mol. The average Bonchev–Trinajstić information content (AvgIpc) is 2.21. The molecule has 0 N–H and O–H groups in total.